The Morgan fingerprint density at radius 1 is 1.38 bits per heavy atom. The van der Waals surface area contributed by atoms with Crippen LogP contribution in [0.25, 0.3) is 11.0 Å². The fourth-order valence-electron chi connectivity index (χ4n) is 1.91. The van der Waals surface area contributed by atoms with Crippen molar-refractivity contribution in [3.8, 4) is 0 Å². The summed E-state index contributed by atoms with van der Waals surface area (Å²) in [6, 6.07) is 3.27. The summed E-state index contributed by atoms with van der Waals surface area (Å²) in [6.07, 6.45) is 0.146. The molecule has 0 amide bonds. The molecule has 2 aromatic rings. The third-order valence-electron chi connectivity index (χ3n) is 2.83. The van der Waals surface area contributed by atoms with E-state index in [1.807, 2.05) is 0 Å². The zero-order chi connectivity index (χ0) is 15.6. The normalized spacial score (nSPS) is 13.7. The largest absolute Gasteiger partial charge is 0.548 e. The highest BCUT2D eigenvalue weighted by Crippen LogP contribution is 2.21. The number of aromatic nitrogens is 2. The summed E-state index contributed by atoms with van der Waals surface area (Å²) >= 11 is 0.898. The molecule has 9 heteroatoms. The van der Waals surface area contributed by atoms with E-state index in [1.54, 1.807) is 19.9 Å². The van der Waals surface area contributed by atoms with Crippen LogP contribution in [0, 0.1) is 5.92 Å². The second kappa shape index (κ2) is 6.04. The summed E-state index contributed by atoms with van der Waals surface area (Å²) < 4.78 is 34.8. The topological polar surface area (TPSA) is 112 Å². The fraction of sp³-hybridized carbons (Fsp3) is 0.417. The first-order chi connectivity index (χ1) is 9.81. The van der Waals surface area contributed by atoms with Gasteiger partial charge in [-0.1, -0.05) is 19.9 Å². The van der Waals surface area contributed by atoms with Gasteiger partial charge in [0.25, 0.3) is 0 Å². The number of hydrogen-bond acceptors (Lipinski definition) is 7. The maximum atomic E-state index is 12.4. The number of sulfonamides is 1. The molecule has 2 rings (SSSR count). The van der Waals surface area contributed by atoms with Crippen molar-refractivity contribution in [3.63, 3.8) is 0 Å². The molecule has 0 radical (unpaired) electrons. The molecule has 1 N–H and O–H groups in total. The molecule has 21 heavy (non-hydrogen) atoms. The molecular formula is C12H14N3O4S2-. The Morgan fingerprint density at radius 2 is 2.10 bits per heavy atom. The van der Waals surface area contributed by atoms with Crippen LogP contribution in [-0.4, -0.2) is 29.2 Å². The Balaban J connectivity index is 2.37. The van der Waals surface area contributed by atoms with Gasteiger partial charge < -0.3 is 9.90 Å². The second-order valence-corrected chi connectivity index (χ2v) is 7.22. The molecule has 0 aliphatic rings. The van der Waals surface area contributed by atoms with Crippen molar-refractivity contribution in [2.75, 3.05) is 0 Å². The molecule has 0 saturated carbocycles. The van der Waals surface area contributed by atoms with Crippen LogP contribution in [0.3, 0.4) is 0 Å². The third kappa shape index (κ3) is 3.55. The number of hydrogen-bond donors (Lipinski definition) is 1. The minimum atomic E-state index is -4.01. The first-order valence-corrected chi connectivity index (χ1v) is 8.47. The Kier molecular flexibility index (Phi) is 4.55. The summed E-state index contributed by atoms with van der Waals surface area (Å²) in [4.78, 5) is 11.0. The molecule has 1 aromatic heterocycles. The van der Waals surface area contributed by atoms with Crippen LogP contribution in [0.5, 0.6) is 0 Å². The van der Waals surface area contributed by atoms with E-state index in [0.29, 0.717) is 5.52 Å². The first kappa shape index (κ1) is 15.8. The lowest BCUT2D eigenvalue weighted by Gasteiger charge is -2.21. The molecule has 1 heterocycles. The lowest BCUT2D eigenvalue weighted by molar-refractivity contribution is -0.308. The van der Waals surface area contributed by atoms with Crippen molar-refractivity contribution in [2.24, 2.45) is 5.92 Å². The predicted molar refractivity (Wildman–Crippen MR) is 76.0 cm³/mol. The Bertz CT molecular complexity index is 755. The molecule has 0 unspecified atom stereocenters. The summed E-state index contributed by atoms with van der Waals surface area (Å²) in [5.74, 6) is -1.44. The summed E-state index contributed by atoms with van der Waals surface area (Å²) in [5, 5.41) is 11.1. The van der Waals surface area contributed by atoms with Crippen LogP contribution in [0.2, 0.25) is 0 Å². The van der Waals surface area contributed by atoms with Gasteiger partial charge in [0.2, 0.25) is 10.0 Å². The summed E-state index contributed by atoms with van der Waals surface area (Å²) in [5.41, 5.74) is 0.688. The zero-order valence-electron chi connectivity index (χ0n) is 11.4. The van der Waals surface area contributed by atoms with Crippen molar-refractivity contribution < 1.29 is 18.3 Å². The van der Waals surface area contributed by atoms with Crippen molar-refractivity contribution in [1.29, 1.82) is 0 Å². The average Bonchev–Trinajstić information content (AvgIpc) is 2.84. The highest BCUT2D eigenvalue weighted by atomic mass is 32.2. The average molecular weight is 328 g/mol. The first-order valence-electron chi connectivity index (χ1n) is 6.25. The number of aliphatic carboxylic acids is 1. The minimum Gasteiger partial charge on any atom is -0.548 e. The molecule has 0 aliphatic heterocycles. The molecule has 114 valence electrons. The van der Waals surface area contributed by atoms with Crippen molar-refractivity contribution >= 4 is 38.8 Å². The van der Waals surface area contributed by atoms with Gasteiger partial charge in [-0.3, -0.25) is 0 Å². The van der Waals surface area contributed by atoms with Crippen LogP contribution < -0.4 is 9.83 Å². The lowest BCUT2D eigenvalue weighted by Crippen LogP contribution is -2.48. The maximum Gasteiger partial charge on any atom is 0.243 e. The number of carbonyl (C=O) groups is 1. The number of nitrogens with zero attached hydrogens (tertiary/aromatic N) is 2. The number of fused-ring (bicyclic) bond motifs is 1. The van der Waals surface area contributed by atoms with E-state index in [4.69, 9.17) is 0 Å². The number of carboxylic acids is 1. The van der Waals surface area contributed by atoms with Gasteiger partial charge in [0.05, 0.1) is 23.7 Å². The van der Waals surface area contributed by atoms with E-state index in [2.05, 4.69) is 13.5 Å². The molecule has 0 aliphatic carbocycles. The number of nitrogens with one attached hydrogen (secondary N) is 1. The van der Waals surface area contributed by atoms with Gasteiger partial charge in [-0.15, -0.1) is 0 Å². The molecule has 1 atom stereocenters. The number of rotatable bonds is 6. The standard InChI is InChI=1S/C12H15N3O4S2/c1-7(2)6-9(12(16)17)15-21(18,19)10-5-3-4-8-11(10)14-20-13-8/h3-5,7,9,15H,6H2,1-2H3,(H,16,17)/p-1/t9-/m0/s1. The zero-order valence-corrected chi connectivity index (χ0v) is 13.1. The Hall–Kier alpha value is -1.58. The fourth-order valence-corrected chi connectivity index (χ4v) is 3.88. The van der Waals surface area contributed by atoms with E-state index in [1.165, 1.54) is 12.1 Å². The quantitative estimate of drug-likeness (QED) is 0.807. The van der Waals surface area contributed by atoms with Crippen molar-refractivity contribution in [2.45, 2.75) is 31.2 Å². The second-order valence-electron chi connectivity index (χ2n) is 5.01. The van der Waals surface area contributed by atoms with E-state index in [0.717, 1.165) is 11.7 Å². The molecule has 0 bridgehead atoms. The molecule has 7 nitrogen and oxygen atoms in total. The maximum absolute atomic E-state index is 12.4. The van der Waals surface area contributed by atoms with Gasteiger partial charge in [-0.05, 0) is 24.5 Å². The molecule has 0 spiro atoms. The third-order valence-corrected chi connectivity index (χ3v) is 4.87. The number of carbonyl (C=O) groups excluding carboxylic acids is 1. The lowest BCUT2D eigenvalue weighted by atomic mass is 10.1. The van der Waals surface area contributed by atoms with E-state index in [9.17, 15) is 18.3 Å². The van der Waals surface area contributed by atoms with Gasteiger partial charge in [0.15, 0.2) is 0 Å². The number of benzene rings is 1. The van der Waals surface area contributed by atoms with Crippen molar-refractivity contribution in [3.05, 3.63) is 18.2 Å². The van der Waals surface area contributed by atoms with Crippen molar-refractivity contribution in [1.82, 2.24) is 13.5 Å². The van der Waals surface area contributed by atoms with Gasteiger partial charge in [-0.2, -0.15) is 8.75 Å². The molecular weight excluding hydrogens is 314 g/mol. The van der Waals surface area contributed by atoms with E-state index >= 15 is 0 Å². The van der Waals surface area contributed by atoms with Gasteiger partial charge in [0, 0.05) is 0 Å². The molecule has 0 fully saturated rings. The van der Waals surface area contributed by atoms with Crippen LogP contribution in [0.4, 0.5) is 0 Å². The highest BCUT2D eigenvalue weighted by Gasteiger charge is 2.24. The minimum absolute atomic E-state index is 0.00679. The van der Waals surface area contributed by atoms with Gasteiger partial charge in [-0.25, -0.2) is 13.1 Å². The monoisotopic (exact) mass is 328 g/mol. The SMILES string of the molecule is CC(C)C[C@H](NS(=O)(=O)c1cccc2nsnc12)C(=O)[O-]. The van der Waals surface area contributed by atoms with E-state index < -0.39 is 22.0 Å². The van der Waals surface area contributed by atoms with Crippen LogP contribution in [-0.2, 0) is 14.8 Å². The smallest absolute Gasteiger partial charge is 0.243 e. The molecule has 0 saturated heterocycles. The van der Waals surface area contributed by atoms with Crippen LogP contribution >= 0.6 is 11.7 Å². The van der Waals surface area contributed by atoms with Crippen LogP contribution in [0.15, 0.2) is 23.1 Å². The number of carboxylic acid groups (broad SMARTS) is 1. The summed E-state index contributed by atoms with van der Waals surface area (Å²) in [7, 11) is -4.01. The van der Waals surface area contributed by atoms with Gasteiger partial charge >= 0.3 is 0 Å². The Labute approximate surface area is 126 Å². The highest BCUT2D eigenvalue weighted by molar-refractivity contribution is 7.89. The summed E-state index contributed by atoms with van der Waals surface area (Å²) in [6.45, 7) is 3.60. The Morgan fingerprint density at radius 3 is 2.71 bits per heavy atom. The predicted octanol–water partition coefficient (Wildman–Crippen LogP) is 0.134. The molecule has 1 aromatic carbocycles. The van der Waals surface area contributed by atoms with Crippen LogP contribution in [0.1, 0.15) is 20.3 Å². The van der Waals surface area contributed by atoms with Gasteiger partial charge in [0.1, 0.15) is 15.9 Å². The van der Waals surface area contributed by atoms with E-state index in [-0.39, 0.29) is 22.8 Å².